The van der Waals surface area contributed by atoms with Crippen molar-refractivity contribution >= 4 is 35.2 Å². The van der Waals surface area contributed by atoms with Crippen molar-refractivity contribution < 1.29 is 27.8 Å². The molecule has 2 aromatic rings. The van der Waals surface area contributed by atoms with E-state index in [1.54, 1.807) is 0 Å². The van der Waals surface area contributed by atoms with E-state index in [0.29, 0.717) is 5.56 Å². The highest BCUT2D eigenvalue weighted by atomic mass is 35.5. The number of ether oxygens (including phenoxy) is 2. The highest BCUT2D eigenvalue weighted by Gasteiger charge is 2.31. The fourth-order valence-corrected chi connectivity index (χ4v) is 2.86. The normalized spacial score (nSPS) is 16.9. The maximum atomic E-state index is 13.5. The largest absolute Gasteiger partial charge is 0.491 e. The first-order valence-electron chi connectivity index (χ1n) is 8.11. The van der Waals surface area contributed by atoms with Crippen LogP contribution in [0.3, 0.4) is 0 Å². The summed E-state index contributed by atoms with van der Waals surface area (Å²) in [6.45, 7) is -0.0697. The van der Waals surface area contributed by atoms with Crippen LogP contribution in [0.5, 0.6) is 5.75 Å². The minimum absolute atomic E-state index is 0.0238. The summed E-state index contributed by atoms with van der Waals surface area (Å²) in [6, 6.07) is 6.99. The molecule has 2 N–H and O–H groups in total. The van der Waals surface area contributed by atoms with E-state index in [1.165, 1.54) is 24.3 Å². The predicted molar refractivity (Wildman–Crippen MR) is 97.5 cm³/mol. The summed E-state index contributed by atoms with van der Waals surface area (Å²) in [5.74, 6) is -1.51. The average molecular weight is 431 g/mol. The molecule has 1 saturated heterocycles. The van der Waals surface area contributed by atoms with E-state index in [2.05, 4.69) is 10.6 Å². The van der Waals surface area contributed by atoms with E-state index in [9.17, 15) is 18.4 Å². The number of cyclic esters (lactones) is 1. The van der Waals surface area contributed by atoms with Gasteiger partial charge in [-0.1, -0.05) is 29.3 Å². The lowest BCUT2D eigenvalue weighted by atomic mass is 10.1. The number of nitrogens with one attached hydrogen (secondary N) is 2. The molecule has 0 aromatic heterocycles. The average Bonchev–Trinajstić information content (AvgIpc) is 3.10. The molecule has 1 aliphatic rings. The molecular weight excluding hydrogens is 417 g/mol. The summed E-state index contributed by atoms with van der Waals surface area (Å²) >= 11 is 11.6. The standard InChI is InChI=1S/C18H14Cl2F2N2O4/c19-11-5-9(1-3-13(11)21)15(24-17(25)16-7-23-18(26)28-16)8-27-10-2-4-14(22)12(20)6-10/h1-6,15-16H,7-8H2,(H,23,26)(H,24,25)/t15-,16?/m1/s1. The SMILES string of the molecule is O=C1NCC(C(=O)N[C@H](COc2ccc(F)c(Cl)c2)c2ccc(F)c(Cl)c2)O1. The topological polar surface area (TPSA) is 76.7 Å². The van der Waals surface area contributed by atoms with Crippen molar-refractivity contribution in [2.24, 2.45) is 0 Å². The van der Waals surface area contributed by atoms with Crippen molar-refractivity contribution in [3.63, 3.8) is 0 Å². The molecule has 0 radical (unpaired) electrons. The molecule has 2 aromatic carbocycles. The number of benzene rings is 2. The third-order valence-electron chi connectivity index (χ3n) is 3.94. The molecule has 1 unspecified atom stereocenters. The Morgan fingerprint density at radius 3 is 2.50 bits per heavy atom. The summed E-state index contributed by atoms with van der Waals surface area (Å²) in [4.78, 5) is 23.5. The van der Waals surface area contributed by atoms with Gasteiger partial charge in [-0.2, -0.15) is 0 Å². The first kappa shape index (κ1) is 20.2. The molecular formula is C18H14Cl2F2N2O4. The second kappa shape index (κ2) is 8.62. The van der Waals surface area contributed by atoms with Gasteiger partial charge < -0.3 is 20.1 Å². The summed E-state index contributed by atoms with van der Waals surface area (Å²) in [6.07, 6.45) is -1.70. The van der Waals surface area contributed by atoms with Crippen molar-refractivity contribution in [1.29, 1.82) is 0 Å². The van der Waals surface area contributed by atoms with Crippen LogP contribution in [0.25, 0.3) is 0 Å². The monoisotopic (exact) mass is 430 g/mol. The highest BCUT2D eigenvalue weighted by Crippen LogP contribution is 2.25. The molecule has 1 heterocycles. The fraction of sp³-hybridized carbons (Fsp3) is 0.222. The molecule has 3 rings (SSSR count). The maximum Gasteiger partial charge on any atom is 0.408 e. The maximum absolute atomic E-state index is 13.5. The van der Waals surface area contributed by atoms with Gasteiger partial charge in [-0.3, -0.25) is 4.79 Å². The summed E-state index contributed by atoms with van der Waals surface area (Å²) in [5.41, 5.74) is 0.463. The quantitative estimate of drug-likeness (QED) is 0.733. The van der Waals surface area contributed by atoms with E-state index >= 15 is 0 Å². The van der Waals surface area contributed by atoms with Crippen LogP contribution in [-0.4, -0.2) is 31.3 Å². The summed E-state index contributed by atoms with van der Waals surface area (Å²) < 4.78 is 37.2. The molecule has 10 heteroatoms. The second-order valence-electron chi connectivity index (χ2n) is 5.90. The van der Waals surface area contributed by atoms with Gasteiger partial charge in [0.2, 0.25) is 0 Å². The van der Waals surface area contributed by atoms with Crippen molar-refractivity contribution in [1.82, 2.24) is 10.6 Å². The van der Waals surface area contributed by atoms with E-state index in [4.69, 9.17) is 32.7 Å². The van der Waals surface area contributed by atoms with Gasteiger partial charge in [-0.05, 0) is 29.8 Å². The van der Waals surface area contributed by atoms with E-state index in [1.807, 2.05) is 0 Å². The van der Waals surface area contributed by atoms with E-state index in [-0.39, 0.29) is 28.9 Å². The van der Waals surface area contributed by atoms with Crippen LogP contribution < -0.4 is 15.4 Å². The van der Waals surface area contributed by atoms with Gasteiger partial charge in [-0.15, -0.1) is 0 Å². The molecule has 2 atom stereocenters. The Morgan fingerprint density at radius 1 is 1.21 bits per heavy atom. The minimum atomic E-state index is -1.01. The number of carbonyl (C=O) groups is 2. The van der Waals surface area contributed by atoms with Crippen LogP contribution in [0.2, 0.25) is 10.0 Å². The van der Waals surface area contributed by atoms with Crippen LogP contribution in [0, 0.1) is 11.6 Å². The number of hydrogen-bond donors (Lipinski definition) is 2. The van der Waals surface area contributed by atoms with Gasteiger partial charge in [0.25, 0.3) is 5.91 Å². The Bertz CT molecular complexity index is 913. The van der Waals surface area contributed by atoms with Gasteiger partial charge in [0, 0.05) is 6.07 Å². The zero-order valence-electron chi connectivity index (χ0n) is 14.2. The molecule has 28 heavy (non-hydrogen) atoms. The van der Waals surface area contributed by atoms with Gasteiger partial charge in [0.05, 0.1) is 22.6 Å². The highest BCUT2D eigenvalue weighted by molar-refractivity contribution is 6.31. The summed E-state index contributed by atoms with van der Waals surface area (Å²) in [5, 5.41) is 4.80. The smallest absolute Gasteiger partial charge is 0.408 e. The van der Waals surface area contributed by atoms with E-state index < -0.39 is 35.8 Å². The van der Waals surface area contributed by atoms with Crippen molar-refractivity contribution in [3.8, 4) is 5.75 Å². The number of carbonyl (C=O) groups excluding carboxylic acids is 2. The lowest BCUT2D eigenvalue weighted by Gasteiger charge is -2.21. The number of rotatable bonds is 6. The Balaban J connectivity index is 1.76. The Kier molecular flexibility index (Phi) is 6.21. The number of amides is 2. The van der Waals surface area contributed by atoms with Crippen molar-refractivity contribution in [3.05, 3.63) is 63.6 Å². The van der Waals surface area contributed by atoms with Crippen LogP contribution >= 0.6 is 23.2 Å². The number of alkyl carbamates (subject to hydrolysis) is 1. The lowest BCUT2D eigenvalue weighted by molar-refractivity contribution is -0.128. The summed E-state index contributed by atoms with van der Waals surface area (Å²) in [7, 11) is 0. The molecule has 0 aliphatic carbocycles. The van der Waals surface area contributed by atoms with Crippen molar-refractivity contribution in [2.45, 2.75) is 12.1 Å². The third-order valence-corrected chi connectivity index (χ3v) is 4.52. The van der Waals surface area contributed by atoms with Gasteiger partial charge in [0.1, 0.15) is 24.0 Å². The Morgan fingerprint density at radius 2 is 1.89 bits per heavy atom. The van der Waals surface area contributed by atoms with Crippen LogP contribution in [0.1, 0.15) is 11.6 Å². The lowest BCUT2D eigenvalue weighted by Crippen LogP contribution is -2.41. The first-order chi connectivity index (χ1) is 13.3. The first-order valence-corrected chi connectivity index (χ1v) is 8.86. The number of halogens is 4. The zero-order chi connectivity index (χ0) is 20.3. The van der Waals surface area contributed by atoms with Crippen LogP contribution in [0.15, 0.2) is 36.4 Å². The van der Waals surface area contributed by atoms with Gasteiger partial charge in [0.15, 0.2) is 6.10 Å². The second-order valence-corrected chi connectivity index (χ2v) is 6.71. The zero-order valence-corrected chi connectivity index (χ0v) is 15.7. The molecule has 6 nitrogen and oxygen atoms in total. The molecule has 0 bridgehead atoms. The Labute approximate surface area is 168 Å². The molecule has 0 saturated carbocycles. The fourth-order valence-electron chi connectivity index (χ4n) is 2.50. The molecule has 148 valence electrons. The number of hydrogen-bond acceptors (Lipinski definition) is 4. The minimum Gasteiger partial charge on any atom is -0.491 e. The van der Waals surface area contributed by atoms with Crippen LogP contribution in [0.4, 0.5) is 13.6 Å². The molecule has 1 aliphatic heterocycles. The van der Waals surface area contributed by atoms with Crippen molar-refractivity contribution in [2.75, 3.05) is 13.2 Å². The Hall–Kier alpha value is -2.58. The van der Waals surface area contributed by atoms with Crippen LogP contribution in [-0.2, 0) is 9.53 Å². The van der Waals surface area contributed by atoms with E-state index in [0.717, 1.165) is 12.1 Å². The van der Waals surface area contributed by atoms with Gasteiger partial charge >= 0.3 is 6.09 Å². The predicted octanol–water partition coefficient (Wildman–Crippen LogP) is 3.62. The molecule has 1 fully saturated rings. The molecule has 2 amide bonds. The van der Waals surface area contributed by atoms with Gasteiger partial charge in [-0.25, -0.2) is 13.6 Å². The molecule has 0 spiro atoms. The third kappa shape index (κ3) is 4.82.